The average Bonchev–Trinajstić information content (AvgIpc) is 3.05. The predicted molar refractivity (Wildman–Crippen MR) is 196 cm³/mol. The molecule has 9 nitrogen and oxygen atoms in total. The van der Waals surface area contributed by atoms with E-state index in [4.69, 9.17) is 14.8 Å². The normalized spacial score (nSPS) is 12.8. The van der Waals surface area contributed by atoms with E-state index in [1.54, 1.807) is 0 Å². The van der Waals surface area contributed by atoms with Crippen LogP contribution in [0.25, 0.3) is 0 Å². The van der Waals surface area contributed by atoms with E-state index in [2.05, 4.69) is 24.5 Å². The zero-order chi connectivity index (χ0) is 34.7. The number of amides is 2. The molecule has 10 heteroatoms. The van der Waals surface area contributed by atoms with Gasteiger partial charge in [0.15, 0.2) is 0 Å². The van der Waals surface area contributed by atoms with E-state index >= 15 is 0 Å². The first-order valence-corrected chi connectivity index (χ1v) is 21.2. The standard InChI is InChI=1S/C37H76N3O6P/c1-3-5-7-9-11-13-15-17-19-21-23-25-27-29-36(41)39-33-35(46-47(43,44)45-32-31-38)34-40-37(42)30-28-26-24-22-20-18-16-14-12-10-8-6-4-2/h35H,3-34,38H2,1-2H3,(H,39,41)(H,40,42)(H,43,44). The molecule has 0 fully saturated rings. The highest BCUT2D eigenvalue weighted by Gasteiger charge is 2.27. The molecule has 0 bridgehead atoms. The van der Waals surface area contributed by atoms with Gasteiger partial charge >= 0.3 is 7.82 Å². The molecule has 0 radical (unpaired) electrons. The first kappa shape index (κ1) is 46.0. The van der Waals surface area contributed by atoms with Crippen LogP contribution in [0, 0.1) is 0 Å². The van der Waals surface area contributed by atoms with Crippen LogP contribution in [0.15, 0.2) is 0 Å². The molecule has 0 saturated heterocycles. The summed E-state index contributed by atoms with van der Waals surface area (Å²) >= 11 is 0. The smallest absolute Gasteiger partial charge is 0.353 e. The third-order valence-corrected chi connectivity index (χ3v) is 9.80. The molecule has 280 valence electrons. The van der Waals surface area contributed by atoms with Gasteiger partial charge in [0.25, 0.3) is 0 Å². The summed E-state index contributed by atoms with van der Waals surface area (Å²) < 4.78 is 22.5. The Kier molecular flexibility index (Phi) is 34.1. The molecule has 0 aliphatic carbocycles. The summed E-state index contributed by atoms with van der Waals surface area (Å²) in [6.45, 7) is 4.46. The summed E-state index contributed by atoms with van der Waals surface area (Å²) in [6, 6.07) is 0. The molecule has 0 aliphatic rings. The summed E-state index contributed by atoms with van der Waals surface area (Å²) in [6.07, 6.45) is 32.3. The summed E-state index contributed by atoms with van der Waals surface area (Å²) in [5, 5.41) is 5.59. The van der Waals surface area contributed by atoms with E-state index in [-0.39, 0.29) is 38.1 Å². The average molecular weight is 690 g/mol. The number of hydrogen-bond donors (Lipinski definition) is 4. The van der Waals surface area contributed by atoms with Crippen LogP contribution in [-0.4, -0.2) is 49.1 Å². The molecule has 5 N–H and O–H groups in total. The number of unbranched alkanes of at least 4 members (excludes halogenated alkanes) is 24. The maximum Gasteiger partial charge on any atom is 0.472 e. The van der Waals surface area contributed by atoms with E-state index in [0.717, 1.165) is 38.5 Å². The van der Waals surface area contributed by atoms with Crippen molar-refractivity contribution < 1.29 is 28.1 Å². The highest BCUT2D eigenvalue weighted by Crippen LogP contribution is 2.44. The number of nitrogens with two attached hydrogens (primary N) is 1. The maximum atomic E-state index is 12.4. The van der Waals surface area contributed by atoms with Crippen LogP contribution >= 0.6 is 7.82 Å². The van der Waals surface area contributed by atoms with Crippen molar-refractivity contribution in [3.63, 3.8) is 0 Å². The predicted octanol–water partition coefficient (Wildman–Crippen LogP) is 9.64. The third-order valence-electron chi connectivity index (χ3n) is 8.72. The van der Waals surface area contributed by atoms with Crippen molar-refractivity contribution >= 4 is 19.6 Å². The van der Waals surface area contributed by atoms with Crippen LogP contribution in [-0.2, 0) is 23.2 Å². The molecule has 1 atom stereocenters. The van der Waals surface area contributed by atoms with Crippen molar-refractivity contribution in [3.05, 3.63) is 0 Å². The summed E-state index contributed by atoms with van der Waals surface area (Å²) in [7, 11) is -4.37. The first-order chi connectivity index (χ1) is 22.8. The van der Waals surface area contributed by atoms with Gasteiger partial charge in [0, 0.05) is 32.5 Å². The number of rotatable bonds is 37. The monoisotopic (exact) mass is 690 g/mol. The largest absolute Gasteiger partial charge is 0.472 e. The van der Waals surface area contributed by atoms with Crippen LogP contribution in [0.4, 0.5) is 0 Å². The molecule has 1 unspecified atom stereocenters. The van der Waals surface area contributed by atoms with Gasteiger partial charge in [-0.1, -0.05) is 168 Å². The van der Waals surface area contributed by atoms with Crippen LogP contribution in [0.2, 0.25) is 0 Å². The summed E-state index contributed by atoms with van der Waals surface area (Å²) in [5.41, 5.74) is 5.38. The Bertz CT molecular complexity index is 712. The topological polar surface area (TPSA) is 140 Å². The number of phosphoric acid groups is 1. The molecule has 0 spiro atoms. The second-order valence-electron chi connectivity index (χ2n) is 13.4. The lowest BCUT2D eigenvalue weighted by Crippen LogP contribution is -2.41. The van der Waals surface area contributed by atoms with Crippen LogP contribution < -0.4 is 16.4 Å². The molecule has 0 aromatic carbocycles. The fourth-order valence-corrected chi connectivity index (χ4v) is 6.70. The molecule has 2 amide bonds. The van der Waals surface area contributed by atoms with E-state index < -0.39 is 13.9 Å². The molecular formula is C37H76N3O6P. The quantitative estimate of drug-likeness (QED) is 0.0376. The maximum absolute atomic E-state index is 12.4. The molecule has 0 aliphatic heterocycles. The third kappa shape index (κ3) is 34.7. The zero-order valence-electron chi connectivity index (χ0n) is 30.7. The molecule has 47 heavy (non-hydrogen) atoms. The number of hydrogen-bond acceptors (Lipinski definition) is 6. The highest BCUT2D eigenvalue weighted by molar-refractivity contribution is 7.47. The zero-order valence-corrected chi connectivity index (χ0v) is 31.6. The van der Waals surface area contributed by atoms with E-state index in [9.17, 15) is 19.0 Å². The van der Waals surface area contributed by atoms with Crippen molar-refractivity contribution in [1.82, 2.24) is 10.6 Å². The molecule has 0 aromatic rings. The van der Waals surface area contributed by atoms with Crippen molar-refractivity contribution in [3.8, 4) is 0 Å². The summed E-state index contributed by atoms with van der Waals surface area (Å²) in [4.78, 5) is 34.9. The Labute approximate surface area is 289 Å². The number of nitrogens with one attached hydrogen (secondary N) is 2. The van der Waals surface area contributed by atoms with Crippen LogP contribution in [0.5, 0.6) is 0 Å². The van der Waals surface area contributed by atoms with Gasteiger partial charge < -0.3 is 21.3 Å². The fraction of sp³-hybridized carbons (Fsp3) is 0.946. The van der Waals surface area contributed by atoms with Gasteiger partial charge in [-0.3, -0.25) is 18.6 Å². The molecular weight excluding hydrogens is 613 g/mol. The Morgan fingerprint density at radius 2 is 0.872 bits per heavy atom. The van der Waals surface area contributed by atoms with Gasteiger partial charge in [0.2, 0.25) is 11.8 Å². The van der Waals surface area contributed by atoms with Gasteiger partial charge in [0.05, 0.1) is 6.61 Å². The first-order valence-electron chi connectivity index (χ1n) is 19.7. The Hall–Kier alpha value is -0.990. The molecule has 0 heterocycles. The Balaban J connectivity index is 4.11. The lowest BCUT2D eigenvalue weighted by molar-refractivity contribution is -0.121. The lowest BCUT2D eigenvalue weighted by Gasteiger charge is -2.21. The minimum atomic E-state index is -4.37. The second kappa shape index (κ2) is 34.9. The second-order valence-corrected chi connectivity index (χ2v) is 14.8. The Morgan fingerprint density at radius 3 is 1.17 bits per heavy atom. The number of carbonyl (C=O) groups is 2. The molecule has 0 saturated carbocycles. The Morgan fingerprint density at radius 1 is 0.574 bits per heavy atom. The van der Waals surface area contributed by atoms with Gasteiger partial charge in [-0.15, -0.1) is 0 Å². The summed E-state index contributed by atoms with van der Waals surface area (Å²) in [5.74, 6) is -0.258. The minimum absolute atomic E-state index is 0.00678. The van der Waals surface area contributed by atoms with Crippen LogP contribution in [0.3, 0.4) is 0 Å². The van der Waals surface area contributed by atoms with Gasteiger partial charge in [-0.05, 0) is 12.8 Å². The van der Waals surface area contributed by atoms with E-state index in [1.807, 2.05) is 0 Å². The highest BCUT2D eigenvalue weighted by atomic mass is 31.2. The fourth-order valence-electron chi connectivity index (χ4n) is 5.77. The molecule has 0 aromatic heterocycles. The van der Waals surface area contributed by atoms with Crippen LogP contribution in [0.1, 0.15) is 194 Å². The van der Waals surface area contributed by atoms with Gasteiger partial charge in [-0.2, -0.15) is 0 Å². The lowest BCUT2D eigenvalue weighted by atomic mass is 10.0. The van der Waals surface area contributed by atoms with E-state index in [0.29, 0.717) is 12.8 Å². The van der Waals surface area contributed by atoms with Gasteiger partial charge in [0.1, 0.15) is 6.10 Å². The van der Waals surface area contributed by atoms with Crippen molar-refractivity contribution in [2.45, 2.75) is 200 Å². The number of carbonyl (C=O) groups excluding carboxylic acids is 2. The SMILES string of the molecule is CCCCCCCCCCCCCCCC(=O)NCC(CNC(=O)CCCCCCCCCCCCCCC)OP(=O)(O)OCCN. The van der Waals surface area contributed by atoms with Crippen molar-refractivity contribution in [2.75, 3.05) is 26.2 Å². The van der Waals surface area contributed by atoms with Crippen molar-refractivity contribution in [1.29, 1.82) is 0 Å². The van der Waals surface area contributed by atoms with Gasteiger partial charge in [-0.25, -0.2) is 4.57 Å². The minimum Gasteiger partial charge on any atom is -0.353 e. The number of phosphoric ester groups is 1. The van der Waals surface area contributed by atoms with Crippen molar-refractivity contribution in [2.24, 2.45) is 5.73 Å². The van der Waals surface area contributed by atoms with E-state index in [1.165, 1.54) is 128 Å². The molecule has 0 rings (SSSR count).